The van der Waals surface area contributed by atoms with Crippen LogP contribution in [0.4, 0.5) is 0 Å². The monoisotopic (exact) mass is 409 g/mol. The lowest BCUT2D eigenvalue weighted by atomic mass is 10.3. The van der Waals surface area contributed by atoms with E-state index in [0.29, 0.717) is 0 Å². The molecule has 0 fully saturated rings. The van der Waals surface area contributed by atoms with Crippen LogP contribution >= 0.6 is 35.7 Å². The summed E-state index contributed by atoms with van der Waals surface area (Å²) in [6.07, 6.45) is 4.48. The van der Waals surface area contributed by atoms with Crippen molar-refractivity contribution in [2.45, 2.75) is 13.3 Å². The van der Waals surface area contributed by atoms with Crippen molar-refractivity contribution >= 4 is 41.7 Å². The smallest absolute Gasteiger partial charge is 0.191 e. The fourth-order valence-electron chi connectivity index (χ4n) is 1.49. The molecule has 0 aromatic carbocycles. The number of aliphatic imine (C=N–C) groups is 1. The Morgan fingerprint density at radius 3 is 3.00 bits per heavy atom. The average Bonchev–Trinajstić information content (AvgIpc) is 2.91. The van der Waals surface area contributed by atoms with Crippen LogP contribution in [0, 0.1) is 0 Å². The van der Waals surface area contributed by atoms with Crippen molar-refractivity contribution in [2.24, 2.45) is 4.99 Å². The van der Waals surface area contributed by atoms with Crippen LogP contribution in [-0.4, -0.2) is 37.1 Å². The summed E-state index contributed by atoms with van der Waals surface area (Å²) in [6.45, 7) is 8.26. The maximum Gasteiger partial charge on any atom is 0.191 e. The zero-order valence-electron chi connectivity index (χ0n) is 11.9. The molecule has 1 rings (SSSR count). The van der Waals surface area contributed by atoms with E-state index >= 15 is 0 Å². The van der Waals surface area contributed by atoms with Crippen molar-refractivity contribution in [3.05, 3.63) is 36.8 Å². The molecule has 6 heteroatoms. The largest absolute Gasteiger partial charge is 0.469 e. The number of nitrogens with zero attached hydrogens (tertiary/aromatic N) is 1. The number of rotatable bonds is 9. The van der Waals surface area contributed by atoms with Gasteiger partial charge in [0.15, 0.2) is 5.96 Å². The normalized spacial score (nSPS) is 10.8. The first-order valence-corrected chi connectivity index (χ1v) is 7.75. The Labute approximate surface area is 142 Å². The van der Waals surface area contributed by atoms with Gasteiger partial charge in [0.1, 0.15) is 5.76 Å². The maximum absolute atomic E-state index is 5.29. The summed E-state index contributed by atoms with van der Waals surface area (Å²) >= 11 is 1.84. The van der Waals surface area contributed by atoms with Gasteiger partial charge < -0.3 is 15.1 Å². The van der Waals surface area contributed by atoms with Gasteiger partial charge in [-0.25, -0.2) is 0 Å². The summed E-state index contributed by atoms with van der Waals surface area (Å²) in [5.74, 6) is 3.86. The molecule has 114 valence electrons. The quantitative estimate of drug-likeness (QED) is 0.217. The Kier molecular flexibility index (Phi) is 12.9. The second kappa shape index (κ2) is 13.4. The molecule has 0 amide bonds. The number of guanidine groups is 1. The zero-order chi connectivity index (χ0) is 13.8. The fraction of sp³-hybridized carbons (Fsp3) is 0.500. The highest BCUT2D eigenvalue weighted by molar-refractivity contribution is 14.0. The van der Waals surface area contributed by atoms with Gasteiger partial charge in [-0.1, -0.05) is 6.08 Å². The minimum absolute atomic E-state index is 0. The Hall–Kier alpha value is -0.630. The number of nitrogens with one attached hydrogen (secondary N) is 2. The summed E-state index contributed by atoms with van der Waals surface area (Å²) in [6, 6.07) is 3.89. The van der Waals surface area contributed by atoms with Crippen molar-refractivity contribution in [2.75, 3.05) is 31.1 Å². The minimum Gasteiger partial charge on any atom is -0.469 e. The molecule has 0 aliphatic rings. The molecule has 0 unspecified atom stereocenters. The lowest BCUT2D eigenvalue weighted by Crippen LogP contribution is -2.38. The van der Waals surface area contributed by atoms with E-state index in [1.807, 2.05) is 30.0 Å². The van der Waals surface area contributed by atoms with E-state index in [1.165, 1.54) is 0 Å². The molecule has 0 bridgehead atoms. The van der Waals surface area contributed by atoms with E-state index in [2.05, 4.69) is 29.1 Å². The van der Waals surface area contributed by atoms with E-state index in [9.17, 15) is 0 Å². The third-order valence-electron chi connectivity index (χ3n) is 2.33. The predicted octanol–water partition coefficient (Wildman–Crippen LogP) is 2.91. The van der Waals surface area contributed by atoms with Gasteiger partial charge in [-0.05, 0) is 19.1 Å². The van der Waals surface area contributed by atoms with Crippen LogP contribution in [0.25, 0.3) is 0 Å². The Morgan fingerprint density at radius 1 is 1.50 bits per heavy atom. The molecule has 0 radical (unpaired) electrons. The van der Waals surface area contributed by atoms with E-state index in [0.717, 1.165) is 49.3 Å². The molecular weight excluding hydrogens is 385 g/mol. The SMILES string of the molecule is C=CCSCCN=C(NCC)NCCc1ccco1.I. The van der Waals surface area contributed by atoms with Crippen molar-refractivity contribution in [1.29, 1.82) is 0 Å². The maximum atomic E-state index is 5.29. The molecule has 0 aliphatic carbocycles. The van der Waals surface area contributed by atoms with Crippen LogP contribution < -0.4 is 10.6 Å². The zero-order valence-corrected chi connectivity index (χ0v) is 15.1. The van der Waals surface area contributed by atoms with Crippen molar-refractivity contribution < 1.29 is 4.42 Å². The van der Waals surface area contributed by atoms with Gasteiger partial charge in [0.2, 0.25) is 0 Å². The number of halogens is 1. The first-order valence-electron chi connectivity index (χ1n) is 6.60. The van der Waals surface area contributed by atoms with E-state index in [1.54, 1.807) is 6.26 Å². The van der Waals surface area contributed by atoms with Gasteiger partial charge in [-0.15, -0.1) is 30.6 Å². The first kappa shape index (κ1) is 19.4. The molecule has 2 N–H and O–H groups in total. The molecule has 1 heterocycles. The Morgan fingerprint density at radius 2 is 2.35 bits per heavy atom. The number of furan rings is 1. The molecule has 20 heavy (non-hydrogen) atoms. The molecule has 1 aromatic heterocycles. The van der Waals surface area contributed by atoms with Crippen LogP contribution in [-0.2, 0) is 6.42 Å². The molecular formula is C14H24IN3OS. The summed E-state index contributed by atoms with van der Waals surface area (Å²) in [4.78, 5) is 4.51. The minimum atomic E-state index is 0. The van der Waals surface area contributed by atoms with Gasteiger partial charge in [-0.2, -0.15) is 11.8 Å². The molecule has 0 saturated heterocycles. The van der Waals surface area contributed by atoms with Crippen molar-refractivity contribution in [1.82, 2.24) is 10.6 Å². The number of thioether (sulfide) groups is 1. The number of hydrogen-bond donors (Lipinski definition) is 2. The van der Waals surface area contributed by atoms with Gasteiger partial charge in [0.25, 0.3) is 0 Å². The summed E-state index contributed by atoms with van der Waals surface area (Å²) in [5, 5.41) is 6.53. The third kappa shape index (κ3) is 9.30. The fourth-order valence-corrected chi connectivity index (χ4v) is 2.04. The van der Waals surface area contributed by atoms with Crippen LogP contribution in [0.15, 0.2) is 40.5 Å². The molecule has 0 saturated carbocycles. The van der Waals surface area contributed by atoms with E-state index in [-0.39, 0.29) is 24.0 Å². The topological polar surface area (TPSA) is 49.6 Å². The molecule has 1 aromatic rings. The lowest BCUT2D eigenvalue weighted by molar-refractivity contribution is 0.507. The third-order valence-corrected chi connectivity index (χ3v) is 3.27. The summed E-state index contributed by atoms with van der Waals surface area (Å²) < 4.78 is 5.29. The summed E-state index contributed by atoms with van der Waals surface area (Å²) in [7, 11) is 0. The first-order chi connectivity index (χ1) is 9.36. The predicted molar refractivity (Wildman–Crippen MR) is 99.3 cm³/mol. The van der Waals surface area contributed by atoms with Crippen LogP contribution in [0.2, 0.25) is 0 Å². The second-order valence-electron chi connectivity index (χ2n) is 3.88. The molecule has 0 atom stereocenters. The molecule has 0 aliphatic heterocycles. The molecule has 0 spiro atoms. The van der Waals surface area contributed by atoms with Crippen LogP contribution in [0.5, 0.6) is 0 Å². The van der Waals surface area contributed by atoms with Crippen molar-refractivity contribution in [3.63, 3.8) is 0 Å². The van der Waals surface area contributed by atoms with Gasteiger partial charge in [0.05, 0.1) is 12.8 Å². The van der Waals surface area contributed by atoms with Gasteiger partial charge in [0, 0.05) is 31.0 Å². The van der Waals surface area contributed by atoms with Crippen LogP contribution in [0.3, 0.4) is 0 Å². The standard InChI is InChI=1S/C14H23N3OS.HI/c1-3-11-19-12-9-17-14(15-4-2)16-8-7-13-6-5-10-18-13;/h3,5-6,10H,1,4,7-9,11-12H2,2H3,(H2,15,16,17);1H. The number of hydrogen-bond acceptors (Lipinski definition) is 3. The second-order valence-corrected chi connectivity index (χ2v) is 5.03. The highest BCUT2D eigenvalue weighted by Crippen LogP contribution is 2.00. The van der Waals surface area contributed by atoms with Crippen molar-refractivity contribution in [3.8, 4) is 0 Å². The highest BCUT2D eigenvalue weighted by atomic mass is 127. The highest BCUT2D eigenvalue weighted by Gasteiger charge is 1.98. The Bertz CT molecular complexity index is 369. The summed E-state index contributed by atoms with van der Waals surface area (Å²) in [5.41, 5.74) is 0. The van der Waals surface area contributed by atoms with Crippen LogP contribution in [0.1, 0.15) is 12.7 Å². The van der Waals surface area contributed by atoms with Gasteiger partial charge in [-0.3, -0.25) is 4.99 Å². The Balaban J connectivity index is 0.00000361. The van der Waals surface area contributed by atoms with E-state index in [4.69, 9.17) is 4.42 Å². The molecule has 4 nitrogen and oxygen atoms in total. The van der Waals surface area contributed by atoms with E-state index < -0.39 is 0 Å². The van der Waals surface area contributed by atoms with Gasteiger partial charge >= 0.3 is 0 Å². The average molecular weight is 409 g/mol. The lowest BCUT2D eigenvalue weighted by Gasteiger charge is -2.10.